The number of thiazole rings is 1. The molecular formula is C15H14N4S. The van der Waals surface area contributed by atoms with Crippen molar-refractivity contribution in [2.75, 3.05) is 5.73 Å². The molecule has 1 aromatic carbocycles. The summed E-state index contributed by atoms with van der Waals surface area (Å²) in [5.41, 5.74) is 9.94. The van der Waals surface area contributed by atoms with Crippen LogP contribution in [0.3, 0.4) is 0 Å². The average Bonchev–Trinajstić information content (AvgIpc) is 2.88. The number of aryl methyl sites for hydroxylation is 2. The molecule has 0 spiro atoms. The van der Waals surface area contributed by atoms with E-state index in [9.17, 15) is 0 Å². The van der Waals surface area contributed by atoms with Crippen molar-refractivity contribution in [2.45, 2.75) is 13.8 Å². The van der Waals surface area contributed by atoms with Crippen LogP contribution in [0, 0.1) is 13.8 Å². The monoisotopic (exact) mass is 282 g/mol. The Morgan fingerprint density at radius 1 is 1.10 bits per heavy atom. The molecule has 5 heteroatoms. The second-order valence-corrected chi connectivity index (χ2v) is 5.71. The van der Waals surface area contributed by atoms with Gasteiger partial charge in [-0.3, -0.25) is 0 Å². The molecule has 20 heavy (non-hydrogen) atoms. The normalized spacial score (nSPS) is 10.7. The van der Waals surface area contributed by atoms with Crippen molar-refractivity contribution < 1.29 is 0 Å². The van der Waals surface area contributed by atoms with Crippen LogP contribution in [0.1, 0.15) is 11.1 Å². The zero-order valence-corrected chi connectivity index (χ0v) is 12.1. The Balaban J connectivity index is 2.09. The number of rotatable bonds is 2. The SMILES string of the molecule is Cc1ccc(C)c(-c2nccc(-c3cnc(N)s3)n2)c1. The van der Waals surface area contributed by atoms with E-state index in [4.69, 9.17) is 5.73 Å². The van der Waals surface area contributed by atoms with Gasteiger partial charge in [0, 0.05) is 18.0 Å². The van der Waals surface area contributed by atoms with E-state index in [2.05, 4.69) is 47.0 Å². The summed E-state index contributed by atoms with van der Waals surface area (Å²) in [4.78, 5) is 14.0. The molecule has 3 rings (SSSR count). The van der Waals surface area contributed by atoms with Crippen molar-refractivity contribution in [3.63, 3.8) is 0 Å². The Labute approximate surface area is 121 Å². The average molecular weight is 282 g/mol. The topological polar surface area (TPSA) is 64.7 Å². The van der Waals surface area contributed by atoms with Crippen LogP contribution in [0.4, 0.5) is 5.13 Å². The Morgan fingerprint density at radius 2 is 1.95 bits per heavy atom. The van der Waals surface area contributed by atoms with E-state index in [-0.39, 0.29) is 0 Å². The van der Waals surface area contributed by atoms with Crippen LogP contribution in [-0.2, 0) is 0 Å². The van der Waals surface area contributed by atoms with Gasteiger partial charge in [-0.15, -0.1) is 0 Å². The first-order valence-corrected chi connectivity index (χ1v) is 7.07. The van der Waals surface area contributed by atoms with Gasteiger partial charge >= 0.3 is 0 Å². The van der Waals surface area contributed by atoms with Gasteiger partial charge in [-0.2, -0.15) is 0 Å². The van der Waals surface area contributed by atoms with Gasteiger partial charge in [0.05, 0.1) is 10.6 Å². The molecule has 0 aliphatic carbocycles. The van der Waals surface area contributed by atoms with Crippen molar-refractivity contribution in [2.24, 2.45) is 0 Å². The summed E-state index contributed by atoms with van der Waals surface area (Å²) < 4.78 is 0. The van der Waals surface area contributed by atoms with Gasteiger partial charge < -0.3 is 5.73 Å². The van der Waals surface area contributed by atoms with Gasteiger partial charge in [0.25, 0.3) is 0 Å². The molecule has 100 valence electrons. The summed E-state index contributed by atoms with van der Waals surface area (Å²) in [6.45, 7) is 4.13. The van der Waals surface area contributed by atoms with Gasteiger partial charge in [-0.1, -0.05) is 29.0 Å². The Morgan fingerprint density at radius 3 is 2.70 bits per heavy atom. The number of nitrogen functional groups attached to an aromatic ring is 1. The summed E-state index contributed by atoms with van der Waals surface area (Å²) in [5, 5.41) is 0.548. The maximum atomic E-state index is 5.67. The summed E-state index contributed by atoms with van der Waals surface area (Å²) in [6.07, 6.45) is 3.52. The first-order chi connectivity index (χ1) is 9.63. The number of aromatic nitrogens is 3. The maximum Gasteiger partial charge on any atom is 0.180 e. The fraction of sp³-hybridized carbons (Fsp3) is 0.133. The minimum Gasteiger partial charge on any atom is -0.375 e. The van der Waals surface area contributed by atoms with E-state index in [1.54, 1.807) is 12.4 Å². The van der Waals surface area contributed by atoms with E-state index in [1.165, 1.54) is 16.9 Å². The highest BCUT2D eigenvalue weighted by Gasteiger charge is 2.09. The van der Waals surface area contributed by atoms with Gasteiger partial charge in [0.2, 0.25) is 0 Å². The lowest BCUT2D eigenvalue weighted by Crippen LogP contribution is -1.93. The maximum absolute atomic E-state index is 5.67. The van der Waals surface area contributed by atoms with Crippen LogP contribution in [0.2, 0.25) is 0 Å². The summed E-state index contributed by atoms with van der Waals surface area (Å²) in [6, 6.07) is 8.16. The number of anilines is 1. The summed E-state index contributed by atoms with van der Waals surface area (Å²) in [5.74, 6) is 0.732. The molecular weight excluding hydrogens is 268 g/mol. The van der Waals surface area contributed by atoms with Gasteiger partial charge in [-0.05, 0) is 31.5 Å². The number of benzene rings is 1. The zero-order chi connectivity index (χ0) is 14.1. The number of hydrogen-bond acceptors (Lipinski definition) is 5. The lowest BCUT2D eigenvalue weighted by Gasteiger charge is -2.06. The van der Waals surface area contributed by atoms with Gasteiger partial charge in [0.1, 0.15) is 0 Å². The Bertz CT molecular complexity index is 764. The fourth-order valence-electron chi connectivity index (χ4n) is 2.01. The van der Waals surface area contributed by atoms with Crippen LogP contribution >= 0.6 is 11.3 Å². The standard InChI is InChI=1S/C15H14N4S/c1-9-3-4-10(2)11(7-9)14-17-6-5-12(19-14)13-8-18-15(16)20-13/h3-8H,1-2H3,(H2,16,18). The summed E-state index contributed by atoms with van der Waals surface area (Å²) in [7, 11) is 0. The predicted molar refractivity (Wildman–Crippen MR) is 82.5 cm³/mol. The fourth-order valence-corrected chi connectivity index (χ4v) is 2.66. The molecule has 3 aromatic rings. The first-order valence-electron chi connectivity index (χ1n) is 6.26. The molecule has 0 aliphatic rings. The van der Waals surface area contributed by atoms with Crippen molar-refractivity contribution in [3.8, 4) is 22.0 Å². The highest BCUT2D eigenvalue weighted by atomic mass is 32.1. The molecule has 0 saturated heterocycles. The quantitative estimate of drug-likeness (QED) is 0.781. The lowest BCUT2D eigenvalue weighted by molar-refractivity contribution is 1.17. The van der Waals surface area contributed by atoms with Crippen molar-refractivity contribution >= 4 is 16.5 Å². The Kier molecular flexibility index (Phi) is 3.20. The molecule has 0 saturated carbocycles. The lowest BCUT2D eigenvalue weighted by atomic mass is 10.1. The van der Waals surface area contributed by atoms with E-state index < -0.39 is 0 Å². The van der Waals surface area contributed by atoms with Crippen molar-refractivity contribution in [1.29, 1.82) is 0 Å². The Hall–Kier alpha value is -2.27. The molecule has 0 amide bonds. The molecule has 0 unspecified atom stereocenters. The van der Waals surface area contributed by atoms with E-state index >= 15 is 0 Å². The highest BCUT2D eigenvalue weighted by Crippen LogP contribution is 2.28. The number of hydrogen-bond donors (Lipinski definition) is 1. The summed E-state index contributed by atoms with van der Waals surface area (Å²) >= 11 is 1.43. The third kappa shape index (κ3) is 2.40. The molecule has 0 atom stereocenters. The van der Waals surface area contributed by atoms with Crippen LogP contribution in [-0.4, -0.2) is 15.0 Å². The molecule has 0 aliphatic heterocycles. The van der Waals surface area contributed by atoms with E-state index in [0.717, 1.165) is 27.5 Å². The van der Waals surface area contributed by atoms with Gasteiger partial charge in [0.15, 0.2) is 11.0 Å². The molecule has 4 nitrogen and oxygen atoms in total. The number of nitrogens with two attached hydrogens (primary N) is 1. The second kappa shape index (κ2) is 5.02. The molecule has 0 bridgehead atoms. The van der Waals surface area contributed by atoms with Gasteiger partial charge in [-0.25, -0.2) is 15.0 Å². The van der Waals surface area contributed by atoms with Crippen LogP contribution in [0.15, 0.2) is 36.7 Å². The smallest absolute Gasteiger partial charge is 0.180 e. The minimum atomic E-state index is 0.548. The second-order valence-electron chi connectivity index (χ2n) is 4.65. The zero-order valence-electron chi connectivity index (χ0n) is 11.3. The molecule has 2 heterocycles. The first kappa shape index (κ1) is 12.7. The van der Waals surface area contributed by atoms with Crippen LogP contribution < -0.4 is 5.73 Å². The minimum absolute atomic E-state index is 0.548. The molecule has 2 aromatic heterocycles. The third-order valence-corrected chi connectivity index (χ3v) is 3.91. The van der Waals surface area contributed by atoms with Crippen LogP contribution in [0.25, 0.3) is 22.0 Å². The van der Waals surface area contributed by atoms with Crippen molar-refractivity contribution in [1.82, 2.24) is 15.0 Å². The van der Waals surface area contributed by atoms with Crippen molar-refractivity contribution in [3.05, 3.63) is 47.8 Å². The molecule has 0 radical (unpaired) electrons. The van der Waals surface area contributed by atoms with Crippen LogP contribution in [0.5, 0.6) is 0 Å². The van der Waals surface area contributed by atoms with E-state index in [0.29, 0.717) is 5.13 Å². The largest absolute Gasteiger partial charge is 0.375 e. The van der Waals surface area contributed by atoms with E-state index in [1.807, 2.05) is 6.07 Å². The highest BCUT2D eigenvalue weighted by molar-refractivity contribution is 7.18. The predicted octanol–water partition coefficient (Wildman–Crippen LogP) is 3.47. The third-order valence-electron chi connectivity index (χ3n) is 3.07. The molecule has 0 fully saturated rings. The number of nitrogens with zero attached hydrogens (tertiary/aromatic N) is 3. The molecule has 2 N–H and O–H groups in total.